The van der Waals surface area contributed by atoms with Gasteiger partial charge in [-0.3, -0.25) is 9.52 Å². The Labute approximate surface area is 183 Å². The summed E-state index contributed by atoms with van der Waals surface area (Å²) in [4.78, 5) is 14.5. The van der Waals surface area contributed by atoms with Gasteiger partial charge in [-0.05, 0) is 60.0 Å². The molecule has 162 valence electrons. The van der Waals surface area contributed by atoms with Crippen LogP contribution in [0.15, 0.2) is 77.7 Å². The molecule has 0 radical (unpaired) electrons. The number of rotatable bonds is 8. The summed E-state index contributed by atoms with van der Waals surface area (Å²) in [6.07, 6.45) is 0.959. The standard InChI is InChI=1S/C24H26N2O4S/c1-4-18-8-10-19(11-9-18)17-26(2)24(27)20-6-5-7-23(16-20)31(28,29)25-21-12-14-22(30-3)15-13-21/h5-16,25H,4,17H2,1-3H3. The Bertz CT molecular complexity index is 1140. The van der Waals surface area contributed by atoms with E-state index in [4.69, 9.17) is 4.74 Å². The first kappa shape index (κ1) is 22.4. The van der Waals surface area contributed by atoms with Crippen molar-refractivity contribution in [3.05, 3.63) is 89.5 Å². The van der Waals surface area contributed by atoms with Crippen LogP contribution in [0, 0.1) is 0 Å². The lowest BCUT2D eigenvalue weighted by Gasteiger charge is -2.18. The third-order valence-corrected chi connectivity index (χ3v) is 6.31. The number of amides is 1. The van der Waals surface area contributed by atoms with Gasteiger partial charge in [-0.1, -0.05) is 37.3 Å². The van der Waals surface area contributed by atoms with E-state index in [0.29, 0.717) is 23.5 Å². The second-order valence-electron chi connectivity index (χ2n) is 7.19. The summed E-state index contributed by atoms with van der Waals surface area (Å²) in [6.45, 7) is 2.53. The van der Waals surface area contributed by atoms with E-state index in [0.717, 1.165) is 12.0 Å². The van der Waals surface area contributed by atoms with Crippen molar-refractivity contribution >= 4 is 21.6 Å². The van der Waals surface area contributed by atoms with Crippen molar-refractivity contribution in [3.8, 4) is 5.75 Å². The number of carbonyl (C=O) groups is 1. The van der Waals surface area contributed by atoms with E-state index < -0.39 is 10.0 Å². The lowest BCUT2D eigenvalue weighted by molar-refractivity contribution is 0.0785. The monoisotopic (exact) mass is 438 g/mol. The van der Waals surface area contributed by atoms with Crippen LogP contribution in [0.1, 0.15) is 28.4 Å². The van der Waals surface area contributed by atoms with Gasteiger partial charge in [0.25, 0.3) is 15.9 Å². The molecule has 1 N–H and O–H groups in total. The molecule has 0 aromatic heterocycles. The number of sulfonamides is 1. The minimum Gasteiger partial charge on any atom is -0.497 e. The number of benzene rings is 3. The minimum absolute atomic E-state index is 0.0230. The highest BCUT2D eigenvalue weighted by Gasteiger charge is 2.18. The number of hydrogen-bond acceptors (Lipinski definition) is 4. The Morgan fingerprint density at radius 3 is 2.23 bits per heavy atom. The normalized spacial score (nSPS) is 11.1. The van der Waals surface area contributed by atoms with Crippen LogP contribution in [0.2, 0.25) is 0 Å². The summed E-state index contributed by atoms with van der Waals surface area (Å²) in [6, 6.07) is 20.7. The molecular weight excluding hydrogens is 412 g/mol. The minimum atomic E-state index is -3.84. The Kier molecular flexibility index (Phi) is 6.97. The number of ether oxygens (including phenoxy) is 1. The van der Waals surface area contributed by atoms with Crippen molar-refractivity contribution in [3.63, 3.8) is 0 Å². The molecular formula is C24H26N2O4S. The van der Waals surface area contributed by atoms with Crippen LogP contribution in [0.3, 0.4) is 0 Å². The first-order valence-electron chi connectivity index (χ1n) is 9.92. The molecule has 0 aliphatic carbocycles. The maximum atomic E-state index is 12.9. The highest BCUT2D eigenvalue weighted by molar-refractivity contribution is 7.92. The predicted octanol–water partition coefficient (Wildman–Crippen LogP) is 4.33. The van der Waals surface area contributed by atoms with E-state index >= 15 is 0 Å². The van der Waals surface area contributed by atoms with Gasteiger partial charge >= 0.3 is 0 Å². The van der Waals surface area contributed by atoms with Crippen LogP contribution in [0.4, 0.5) is 5.69 Å². The zero-order valence-corrected chi connectivity index (χ0v) is 18.6. The molecule has 0 spiro atoms. The summed E-state index contributed by atoms with van der Waals surface area (Å²) in [5.74, 6) is 0.379. The summed E-state index contributed by atoms with van der Waals surface area (Å²) < 4.78 is 33.2. The summed E-state index contributed by atoms with van der Waals surface area (Å²) in [7, 11) is -0.601. The third kappa shape index (κ3) is 5.64. The molecule has 3 rings (SSSR count). The number of nitrogens with zero attached hydrogens (tertiary/aromatic N) is 1. The van der Waals surface area contributed by atoms with Gasteiger partial charge in [-0.15, -0.1) is 0 Å². The molecule has 0 unspecified atom stereocenters. The molecule has 0 saturated heterocycles. The molecule has 3 aromatic rings. The molecule has 0 saturated carbocycles. The Morgan fingerprint density at radius 2 is 1.61 bits per heavy atom. The highest BCUT2D eigenvalue weighted by atomic mass is 32.2. The highest BCUT2D eigenvalue weighted by Crippen LogP contribution is 2.20. The molecule has 0 bridgehead atoms. The Hall–Kier alpha value is -3.32. The molecule has 31 heavy (non-hydrogen) atoms. The molecule has 7 heteroatoms. The number of anilines is 1. The fourth-order valence-corrected chi connectivity index (χ4v) is 4.22. The van der Waals surface area contributed by atoms with E-state index in [1.54, 1.807) is 55.5 Å². The quantitative estimate of drug-likeness (QED) is 0.568. The molecule has 0 atom stereocenters. The van der Waals surface area contributed by atoms with Gasteiger partial charge in [-0.25, -0.2) is 8.42 Å². The van der Waals surface area contributed by atoms with E-state index in [2.05, 4.69) is 11.6 Å². The van der Waals surface area contributed by atoms with Crippen molar-refractivity contribution in [2.75, 3.05) is 18.9 Å². The number of aryl methyl sites for hydroxylation is 1. The second-order valence-corrected chi connectivity index (χ2v) is 8.88. The van der Waals surface area contributed by atoms with Gasteiger partial charge in [-0.2, -0.15) is 0 Å². The zero-order valence-electron chi connectivity index (χ0n) is 17.8. The smallest absolute Gasteiger partial charge is 0.261 e. The lowest BCUT2D eigenvalue weighted by Crippen LogP contribution is -2.26. The molecule has 0 aliphatic rings. The van der Waals surface area contributed by atoms with Crippen molar-refractivity contribution in [2.24, 2.45) is 0 Å². The number of nitrogens with one attached hydrogen (secondary N) is 1. The average molecular weight is 439 g/mol. The fourth-order valence-electron chi connectivity index (χ4n) is 3.12. The molecule has 0 fully saturated rings. The van der Waals surface area contributed by atoms with Gasteiger partial charge in [0.15, 0.2) is 0 Å². The zero-order chi connectivity index (χ0) is 22.4. The Morgan fingerprint density at radius 1 is 0.968 bits per heavy atom. The molecule has 3 aromatic carbocycles. The summed E-state index contributed by atoms with van der Waals surface area (Å²) >= 11 is 0. The largest absolute Gasteiger partial charge is 0.497 e. The van der Waals surface area contributed by atoms with Crippen LogP contribution >= 0.6 is 0 Å². The van der Waals surface area contributed by atoms with Gasteiger partial charge in [0.05, 0.1) is 12.0 Å². The van der Waals surface area contributed by atoms with E-state index in [1.807, 2.05) is 24.3 Å². The first-order valence-corrected chi connectivity index (χ1v) is 11.4. The molecule has 0 aliphatic heterocycles. The van der Waals surface area contributed by atoms with E-state index in [1.165, 1.54) is 17.7 Å². The SMILES string of the molecule is CCc1ccc(CN(C)C(=O)c2cccc(S(=O)(=O)Nc3ccc(OC)cc3)c2)cc1. The topological polar surface area (TPSA) is 75.7 Å². The van der Waals surface area contributed by atoms with Crippen LogP contribution in [-0.2, 0) is 23.0 Å². The average Bonchev–Trinajstić information content (AvgIpc) is 2.79. The van der Waals surface area contributed by atoms with Gasteiger partial charge in [0.1, 0.15) is 5.75 Å². The molecule has 0 heterocycles. The number of methoxy groups -OCH3 is 1. The maximum absolute atomic E-state index is 12.9. The summed E-state index contributed by atoms with van der Waals surface area (Å²) in [5, 5.41) is 0. The van der Waals surface area contributed by atoms with Gasteiger partial charge < -0.3 is 9.64 Å². The predicted molar refractivity (Wildman–Crippen MR) is 122 cm³/mol. The van der Waals surface area contributed by atoms with Crippen LogP contribution in [0.5, 0.6) is 5.75 Å². The Balaban J connectivity index is 1.74. The van der Waals surface area contributed by atoms with Crippen molar-refractivity contribution in [2.45, 2.75) is 24.8 Å². The van der Waals surface area contributed by atoms with Gasteiger partial charge in [0, 0.05) is 24.8 Å². The lowest BCUT2D eigenvalue weighted by atomic mass is 10.1. The number of carbonyl (C=O) groups excluding carboxylic acids is 1. The fraction of sp³-hybridized carbons (Fsp3) is 0.208. The van der Waals surface area contributed by atoms with Crippen LogP contribution in [-0.4, -0.2) is 33.4 Å². The van der Waals surface area contributed by atoms with Crippen molar-refractivity contribution in [1.29, 1.82) is 0 Å². The molecule has 6 nitrogen and oxygen atoms in total. The van der Waals surface area contributed by atoms with Gasteiger partial charge in [0.2, 0.25) is 0 Å². The number of hydrogen-bond donors (Lipinski definition) is 1. The van der Waals surface area contributed by atoms with Crippen molar-refractivity contribution in [1.82, 2.24) is 4.90 Å². The summed E-state index contributed by atoms with van der Waals surface area (Å²) in [5.41, 5.74) is 2.97. The third-order valence-electron chi connectivity index (χ3n) is 4.93. The first-order chi connectivity index (χ1) is 14.8. The maximum Gasteiger partial charge on any atom is 0.261 e. The van der Waals surface area contributed by atoms with E-state index in [9.17, 15) is 13.2 Å². The second kappa shape index (κ2) is 9.66. The van der Waals surface area contributed by atoms with Crippen molar-refractivity contribution < 1.29 is 17.9 Å². The van der Waals surface area contributed by atoms with E-state index in [-0.39, 0.29) is 10.8 Å². The molecule has 1 amide bonds. The van der Waals surface area contributed by atoms with Crippen LogP contribution < -0.4 is 9.46 Å². The van der Waals surface area contributed by atoms with Crippen LogP contribution in [0.25, 0.3) is 0 Å².